The molecule has 0 fully saturated rings. The molecule has 1 amide bonds. The van der Waals surface area contributed by atoms with Gasteiger partial charge in [0.25, 0.3) is 0 Å². The number of carbonyl (C=O) groups is 3. The molecule has 164 valence electrons. The average molecular weight is 401 g/mol. The van der Waals surface area contributed by atoms with Crippen molar-refractivity contribution in [1.82, 2.24) is 4.90 Å². The molecule has 0 aromatic carbocycles. The number of Topliss-reactive ketones (excluding diaryl/α,β-unsaturated/α-hetero) is 1. The van der Waals surface area contributed by atoms with Gasteiger partial charge in [0.15, 0.2) is 5.78 Å². The number of unbranched alkanes of at least 4 members (excludes halogenated alkanes) is 1. The van der Waals surface area contributed by atoms with Crippen molar-refractivity contribution in [3.8, 4) is 0 Å². The Hall–Kier alpha value is -1.47. The van der Waals surface area contributed by atoms with Gasteiger partial charge in [-0.25, -0.2) is 0 Å². The number of ketones is 1. The predicted octanol–water partition coefficient (Wildman–Crippen LogP) is 2.29. The fourth-order valence-electron chi connectivity index (χ4n) is 3.18. The number of aliphatic hydroxyl groups is 1. The van der Waals surface area contributed by atoms with Crippen molar-refractivity contribution in [1.29, 1.82) is 0 Å². The maximum atomic E-state index is 13.2. The summed E-state index contributed by atoms with van der Waals surface area (Å²) in [6, 6.07) is -0.844. The van der Waals surface area contributed by atoms with Gasteiger partial charge in [-0.05, 0) is 59.9 Å². The number of nitrogens with two attached hydrogens (primary N) is 1. The van der Waals surface area contributed by atoms with E-state index in [1.807, 2.05) is 27.7 Å². The van der Waals surface area contributed by atoms with E-state index in [0.717, 1.165) is 6.42 Å². The second kappa shape index (κ2) is 12.2. The van der Waals surface area contributed by atoms with Crippen LogP contribution in [0.5, 0.6) is 0 Å². The molecule has 0 saturated carbocycles. The lowest BCUT2D eigenvalue weighted by Gasteiger charge is -2.38. The number of rotatable bonds is 12. The normalized spacial score (nSPS) is 14.1. The number of amides is 1. The zero-order valence-electron chi connectivity index (χ0n) is 18.7. The summed E-state index contributed by atoms with van der Waals surface area (Å²) in [5.41, 5.74) is 4.84. The van der Waals surface area contributed by atoms with Crippen LogP contribution in [0.15, 0.2) is 0 Å². The lowest BCUT2D eigenvalue weighted by Crippen LogP contribution is -2.54. The summed E-state index contributed by atoms with van der Waals surface area (Å²) in [5.74, 6) is -1.97. The molecule has 7 heteroatoms. The number of ether oxygens (including phenoxy) is 1. The molecule has 7 nitrogen and oxygen atoms in total. The first-order valence-corrected chi connectivity index (χ1v) is 10.2. The van der Waals surface area contributed by atoms with Gasteiger partial charge in [0.05, 0.1) is 25.0 Å². The van der Waals surface area contributed by atoms with Gasteiger partial charge < -0.3 is 20.5 Å². The predicted molar refractivity (Wildman–Crippen MR) is 110 cm³/mol. The molecule has 0 rings (SSSR count). The fourth-order valence-corrected chi connectivity index (χ4v) is 3.18. The van der Waals surface area contributed by atoms with Crippen molar-refractivity contribution in [2.75, 3.05) is 13.2 Å². The third-order valence-electron chi connectivity index (χ3n) is 4.35. The average Bonchev–Trinajstić information content (AvgIpc) is 2.54. The van der Waals surface area contributed by atoms with E-state index >= 15 is 0 Å². The van der Waals surface area contributed by atoms with Crippen molar-refractivity contribution in [2.24, 2.45) is 17.6 Å². The van der Waals surface area contributed by atoms with E-state index in [-0.39, 0.29) is 24.2 Å². The summed E-state index contributed by atoms with van der Waals surface area (Å²) >= 11 is 0. The topological polar surface area (TPSA) is 110 Å². The Labute approximate surface area is 170 Å². The van der Waals surface area contributed by atoms with Crippen molar-refractivity contribution in [3.05, 3.63) is 0 Å². The van der Waals surface area contributed by atoms with E-state index in [1.54, 1.807) is 20.8 Å². The second-order valence-electron chi connectivity index (χ2n) is 8.91. The summed E-state index contributed by atoms with van der Waals surface area (Å²) < 4.78 is 5.28. The van der Waals surface area contributed by atoms with Crippen molar-refractivity contribution >= 4 is 17.7 Å². The Kier molecular flexibility index (Phi) is 11.5. The van der Waals surface area contributed by atoms with Gasteiger partial charge >= 0.3 is 5.97 Å². The zero-order chi connectivity index (χ0) is 22.1. The number of hydrogen-bond acceptors (Lipinski definition) is 6. The highest BCUT2D eigenvalue weighted by molar-refractivity contribution is 5.91. The zero-order valence-corrected chi connectivity index (χ0v) is 18.7. The van der Waals surface area contributed by atoms with Gasteiger partial charge in [0.1, 0.15) is 5.60 Å². The van der Waals surface area contributed by atoms with Crippen LogP contribution in [0.4, 0.5) is 0 Å². The molecular formula is C21H40N2O5. The van der Waals surface area contributed by atoms with Crippen LogP contribution >= 0.6 is 0 Å². The van der Waals surface area contributed by atoms with Crippen LogP contribution in [0.3, 0.4) is 0 Å². The molecule has 0 aliphatic carbocycles. The molecule has 0 aromatic rings. The maximum Gasteiger partial charge on any atom is 0.307 e. The highest BCUT2D eigenvalue weighted by atomic mass is 16.6. The van der Waals surface area contributed by atoms with Crippen LogP contribution in [0.25, 0.3) is 0 Å². The highest BCUT2D eigenvalue weighted by Gasteiger charge is 2.37. The van der Waals surface area contributed by atoms with E-state index in [1.165, 1.54) is 4.90 Å². The molecule has 28 heavy (non-hydrogen) atoms. The molecule has 0 aromatic heterocycles. The largest absolute Gasteiger partial charge is 0.460 e. The number of aliphatic hydroxyl groups excluding tert-OH is 1. The Morgan fingerprint density at radius 3 is 2.04 bits per heavy atom. The number of esters is 1. The number of nitrogens with zero attached hydrogens (tertiary/aromatic N) is 1. The van der Waals surface area contributed by atoms with Gasteiger partial charge in [-0.1, -0.05) is 13.8 Å². The van der Waals surface area contributed by atoms with Crippen molar-refractivity contribution in [2.45, 2.75) is 91.8 Å². The second-order valence-corrected chi connectivity index (χ2v) is 8.91. The van der Waals surface area contributed by atoms with Gasteiger partial charge in [-0.15, -0.1) is 0 Å². The number of hydrogen-bond donors (Lipinski definition) is 2. The van der Waals surface area contributed by atoms with Crippen molar-refractivity contribution in [3.63, 3.8) is 0 Å². The quantitative estimate of drug-likeness (QED) is 0.384. The summed E-state index contributed by atoms with van der Waals surface area (Å²) in [5, 5.41) is 9.75. The van der Waals surface area contributed by atoms with Gasteiger partial charge in [-0.2, -0.15) is 0 Å². The molecule has 2 unspecified atom stereocenters. The van der Waals surface area contributed by atoms with Crippen molar-refractivity contribution < 1.29 is 24.2 Å². The van der Waals surface area contributed by atoms with Gasteiger partial charge in [-0.3, -0.25) is 14.4 Å². The molecule has 0 bridgehead atoms. The Bertz CT molecular complexity index is 511. The number of carbonyl (C=O) groups excluding carboxylic acids is 3. The fraction of sp³-hybridized carbons (Fsp3) is 0.857. The molecule has 0 saturated heterocycles. The monoisotopic (exact) mass is 400 g/mol. The summed E-state index contributed by atoms with van der Waals surface area (Å²) in [6.45, 7) is 12.8. The third kappa shape index (κ3) is 9.15. The van der Waals surface area contributed by atoms with Crippen LogP contribution in [0.1, 0.15) is 74.1 Å². The maximum absolute atomic E-state index is 13.2. The van der Waals surface area contributed by atoms with Crippen LogP contribution in [0, 0.1) is 11.8 Å². The minimum absolute atomic E-state index is 0.0144. The standard InChI is InChI=1S/C21H40N2O5/c1-14(2)19(17(25)10-8-9-11-22)23(15(3)4)20(27)16(13-24)12-18(26)28-21(5,6)7/h14-16,19,24H,8-13,22H2,1-7H3. The van der Waals surface area contributed by atoms with Gasteiger partial charge in [0, 0.05) is 12.5 Å². The van der Waals surface area contributed by atoms with Crippen LogP contribution in [0.2, 0.25) is 0 Å². The Balaban J connectivity index is 5.48. The smallest absolute Gasteiger partial charge is 0.307 e. The van der Waals surface area contributed by atoms with Gasteiger partial charge in [0.2, 0.25) is 5.91 Å². The van der Waals surface area contributed by atoms with E-state index in [4.69, 9.17) is 10.5 Å². The molecular weight excluding hydrogens is 360 g/mol. The molecule has 0 heterocycles. The van der Waals surface area contributed by atoms with E-state index in [2.05, 4.69) is 0 Å². The highest BCUT2D eigenvalue weighted by Crippen LogP contribution is 2.22. The third-order valence-corrected chi connectivity index (χ3v) is 4.35. The van der Waals surface area contributed by atoms with E-state index in [0.29, 0.717) is 19.4 Å². The lowest BCUT2D eigenvalue weighted by atomic mass is 9.91. The molecule has 0 aliphatic heterocycles. The minimum atomic E-state index is -0.935. The summed E-state index contributed by atoms with van der Waals surface area (Å²) in [7, 11) is 0. The molecule has 2 atom stereocenters. The van der Waals surface area contributed by atoms with Crippen LogP contribution < -0.4 is 5.73 Å². The Morgan fingerprint density at radius 2 is 1.64 bits per heavy atom. The Morgan fingerprint density at radius 1 is 1.07 bits per heavy atom. The lowest BCUT2D eigenvalue weighted by molar-refractivity contribution is -0.160. The summed E-state index contributed by atoms with van der Waals surface area (Å²) in [4.78, 5) is 39.7. The van der Waals surface area contributed by atoms with Crippen LogP contribution in [-0.4, -0.2) is 58.5 Å². The van der Waals surface area contributed by atoms with E-state index < -0.39 is 36.0 Å². The first kappa shape index (κ1) is 26.5. The molecule has 0 aliphatic rings. The van der Waals surface area contributed by atoms with E-state index in [9.17, 15) is 19.5 Å². The molecule has 0 radical (unpaired) electrons. The molecule has 3 N–H and O–H groups in total. The first-order valence-electron chi connectivity index (χ1n) is 10.2. The summed E-state index contributed by atoms with van der Waals surface area (Å²) in [6.07, 6.45) is 1.57. The first-order chi connectivity index (χ1) is 12.9. The SMILES string of the molecule is CC(C)C(C(=O)CCCCN)N(C(=O)C(CO)CC(=O)OC(C)(C)C)C(C)C. The van der Waals surface area contributed by atoms with Crippen LogP contribution in [-0.2, 0) is 19.1 Å². The molecule has 0 spiro atoms. The minimum Gasteiger partial charge on any atom is -0.460 e.